The smallest absolute Gasteiger partial charge is 0.309 e. The summed E-state index contributed by atoms with van der Waals surface area (Å²) in [5.74, 6) is -1.04. The first kappa shape index (κ1) is 28.2. The van der Waals surface area contributed by atoms with E-state index in [0.29, 0.717) is 25.8 Å². The molecule has 0 radical (unpaired) electrons. The van der Waals surface area contributed by atoms with Gasteiger partial charge in [0.25, 0.3) is 0 Å². The lowest BCUT2D eigenvalue weighted by Gasteiger charge is -2.29. The van der Waals surface area contributed by atoms with Crippen molar-refractivity contribution < 1.29 is 23.1 Å². The molecule has 10 nitrogen and oxygen atoms in total. The predicted molar refractivity (Wildman–Crippen MR) is 144 cm³/mol. The van der Waals surface area contributed by atoms with Crippen LogP contribution in [0.3, 0.4) is 0 Å². The molecule has 0 amide bonds. The number of thiophene rings is 1. The standard InChI is InChI=1S/C26H35N5O5S2/c1-6-20-16-31(38(34,35)23-9-8-12-27-24(23)36-20)14-18-13-22(37-17(18)3)21(26(4,5)25(32)33)11-10-19-15-30(7-2)29-28-19/h8-9,12-13,15,20-21H,6-7,10-11,14,16H2,1-5H3,(H,32,33)/t20-,21+/m1/s1. The largest absolute Gasteiger partial charge is 0.481 e. The number of nitrogens with zero attached hydrogens (tertiary/aromatic N) is 5. The Kier molecular flexibility index (Phi) is 8.24. The minimum atomic E-state index is -3.84. The molecule has 0 spiro atoms. The van der Waals surface area contributed by atoms with Crippen LogP contribution in [0.1, 0.15) is 67.5 Å². The molecule has 0 unspecified atom stereocenters. The van der Waals surface area contributed by atoms with Crippen molar-refractivity contribution >= 4 is 27.3 Å². The van der Waals surface area contributed by atoms with Crippen LogP contribution in [0.15, 0.2) is 35.5 Å². The number of sulfonamides is 1. The third kappa shape index (κ3) is 5.62. The molecule has 1 N–H and O–H groups in total. The number of fused-ring (bicyclic) bond motifs is 1. The van der Waals surface area contributed by atoms with Crippen LogP contribution in [-0.4, -0.2) is 56.4 Å². The summed E-state index contributed by atoms with van der Waals surface area (Å²) in [7, 11) is -3.84. The van der Waals surface area contributed by atoms with Crippen molar-refractivity contribution in [3.63, 3.8) is 0 Å². The van der Waals surface area contributed by atoms with Crippen LogP contribution >= 0.6 is 11.3 Å². The molecule has 206 valence electrons. The van der Waals surface area contributed by atoms with Crippen LogP contribution in [0, 0.1) is 12.3 Å². The van der Waals surface area contributed by atoms with E-state index < -0.39 is 21.4 Å². The number of carboxylic acids is 1. The van der Waals surface area contributed by atoms with Crippen LogP contribution in [0.2, 0.25) is 0 Å². The molecule has 3 aromatic rings. The summed E-state index contributed by atoms with van der Waals surface area (Å²) in [5.41, 5.74) is 0.648. The van der Waals surface area contributed by atoms with Crippen LogP contribution < -0.4 is 4.74 Å². The number of hydrogen-bond acceptors (Lipinski definition) is 8. The Bertz CT molecular complexity index is 1400. The molecule has 4 rings (SSSR count). The third-order valence-corrected chi connectivity index (χ3v) is 10.3. The molecule has 0 saturated carbocycles. The normalized spacial score (nSPS) is 18.4. The lowest BCUT2D eigenvalue weighted by atomic mass is 9.75. The number of pyridine rings is 1. The van der Waals surface area contributed by atoms with E-state index in [0.717, 1.165) is 21.0 Å². The second-order valence-corrected chi connectivity index (χ2v) is 13.4. The van der Waals surface area contributed by atoms with Gasteiger partial charge in [-0.05, 0) is 70.7 Å². The predicted octanol–water partition coefficient (Wildman–Crippen LogP) is 4.25. The first-order chi connectivity index (χ1) is 18.0. The maximum Gasteiger partial charge on any atom is 0.309 e. The van der Waals surface area contributed by atoms with Gasteiger partial charge in [0.1, 0.15) is 11.0 Å². The highest BCUT2D eigenvalue weighted by molar-refractivity contribution is 7.89. The molecule has 0 saturated heterocycles. The highest BCUT2D eigenvalue weighted by atomic mass is 32.2. The van der Waals surface area contributed by atoms with Crippen molar-refractivity contribution in [2.45, 2.75) is 83.9 Å². The second kappa shape index (κ2) is 11.1. The molecular weight excluding hydrogens is 526 g/mol. The topological polar surface area (TPSA) is 128 Å². The molecule has 1 aliphatic heterocycles. The zero-order valence-electron chi connectivity index (χ0n) is 22.4. The Balaban J connectivity index is 1.64. The molecule has 0 bridgehead atoms. The van der Waals surface area contributed by atoms with E-state index in [1.807, 2.05) is 33.0 Å². The summed E-state index contributed by atoms with van der Waals surface area (Å²) in [6.45, 7) is 10.5. The highest BCUT2D eigenvalue weighted by Gasteiger charge is 2.40. The van der Waals surface area contributed by atoms with E-state index in [1.165, 1.54) is 27.9 Å². The van der Waals surface area contributed by atoms with Crippen molar-refractivity contribution in [1.29, 1.82) is 0 Å². The number of ether oxygens (including phenoxy) is 1. The lowest BCUT2D eigenvalue weighted by Crippen LogP contribution is -2.36. The molecule has 0 fully saturated rings. The van der Waals surface area contributed by atoms with Gasteiger partial charge >= 0.3 is 5.97 Å². The molecule has 12 heteroatoms. The number of carbonyl (C=O) groups is 1. The van der Waals surface area contributed by atoms with E-state index in [4.69, 9.17) is 4.74 Å². The van der Waals surface area contributed by atoms with Gasteiger partial charge in [-0.2, -0.15) is 4.31 Å². The number of aromatic nitrogens is 4. The second-order valence-electron chi connectivity index (χ2n) is 10.2. The Morgan fingerprint density at radius 3 is 2.76 bits per heavy atom. The molecule has 1 aliphatic rings. The third-order valence-electron chi connectivity index (χ3n) is 7.25. The van der Waals surface area contributed by atoms with Crippen LogP contribution in [0.4, 0.5) is 0 Å². The molecule has 4 heterocycles. The summed E-state index contributed by atoms with van der Waals surface area (Å²) in [5, 5.41) is 18.4. The molecule has 3 aromatic heterocycles. The van der Waals surface area contributed by atoms with E-state index in [1.54, 1.807) is 24.6 Å². The van der Waals surface area contributed by atoms with Crippen molar-refractivity contribution in [1.82, 2.24) is 24.3 Å². The van der Waals surface area contributed by atoms with Gasteiger partial charge in [-0.25, -0.2) is 13.4 Å². The van der Waals surface area contributed by atoms with Crippen molar-refractivity contribution in [2.24, 2.45) is 5.41 Å². The summed E-state index contributed by atoms with van der Waals surface area (Å²) >= 11 is 1.53. The van der Waals surface area contributed by atoms with Gasteiger partial charge in [-0.1, -0.05) is 12.1 Å². The van der Waals surface area contributed by atoms with Crippen LogP contribution in [0.25, 0.3) is 0 Å². The summed E-state index contributed by atoms with van der Waals surface area (Å²) in [6, 6.07) is 5.09. The van der Waals surface area contributed by atoms with Gasteiger partial charge in [0.05, 0.1) is 17.7 Å². The quantitative estimate of drug-likeness (QED) is 0.389. The maximum absolute atomic E-state index is 13.6. The van der Waals surface area contributed by atoms with Gasteiger partial charge in [0.2, 0.25) is 15.9 Å². The minimum absolute atomic E-state index is 0.0640. The maximum atomic E-state index is 13.6. The van der Waals surface area contributed by atoms with E-state index in [-0.39, 0.29) is 35.9 Å². The molecular formula is C26H35N5O5S2. The zero-order valence-corrected chi connectivity index (χ0v) is 24.0. The highest BCUT2D eigenvalue weighted by Crippen LogP contribution is 2.43. The Morgan fingerprint density at radius 1 is 1.34 bits per heavy atom. The first-order valence-corrected chi connectivity index (χ1v) is 15.1. The number of carboxylic acid groups (broad SMARTS) is 1. The van der Waals surface area contributed by atoms with Gasteiger partial charge in [0.15, 0.2) is 0 Å². The zero-order chi connectivity index (χ0) is 27.7. The molecule has 0 aliphatic carbocycles. The van der Waals surface area contributed by atoms with Gasteiger partial charge in [-0.15, -0.1) is 16.4 Å². The SMILES string of the molecule is CC[C@@H]1CN(Cc2cc([C@H](CCc3cn(CC)nn3)C(C)(C)C(=O)O)sc2C)S(=O)(=O)c2cccnc2O1. The number of aryl methyl sites for hydroxylation is 3. The number of aliphatic carboxylic acids is 1. The fourth-order valence-corrected chi connectivity index (χ4v) is 7.54. The monoisotopic (exact) mass is 561 g/mol. The minimum Gasteiger partial charge on any atom is -0.481 e. The Hall–Kier alpha value is -2.83. The van der Waals surface area contributed by atoms with Gasteiger partial charge in [0, 0.05) is 41.2 Å². The van der Waals surface area contributed by atoms with E-state index >= 15 is 0 Å². The Morgan fingerprint density at radius 2 is 2.11 bits per heavy atom. The summed E-state index contributed by atoms with van der Waals surface area (Å²) in [6.07, 6.45) is 4.89. The van der Waals surface area contributed by atoms with Crippen LogP contribution in [-0.2, 0) is 34.3 Å². The first-order valence-electron chi connectivity index (χ1n) is 12.8. The van der Waals surface area contributed by atoms with Gasteiger partial charge in [-0.3, -0.25) is 9.48 Å². The number of rotatable bonds is 10. The van der Waals surface area contributed by atoms with E-state index in [9.17, 15) is 18.3 Å². The molecule has 38 heavy (non-hydrogen) atoms. The Labute approximate surface area is 227 Å². The average Bonchev–Trinajstić information content (AvgIpc) is 3.46. The van der Waals surface area contributed by atoms with Crippen molar-refractivity contribution in [2.75, 3.05) is 6.54 Å². The average molecular weight is 562 g/mol. The van der Waals surface area contributed by atoms with Crippen LogP contribution in [0.5, 0.6) is 5.88 Å². The summed E-state index contributed by atoms with van der Waals surface area (Å²) in [4.78, 5) is 18.4. The summed E-state index contributed by atoms with van der Waals surface area (Å²) < 4.78 is 36.3. The van der Waals surface area contributed by atoms with E-state index in [2.05, 4.69) is 15.3 Å². The van der Waals surface area contributed by atoms with Gasteiger partial charge < -0.3 is 9.84 Å². The lowest BCUT2D eigenvalue weighted by molar-refractivity contribution is -0.148. The fourth-order valence-electron chi connectivity index (χ4n) is 4.65. The fraction of sp³-hybridized carbons (Fsp3) is 0.538. The van der Waals surface area contributed by atoms with Crippen molar-refractivity contribution in [3.8, 4) is 5.88 Å². The molecule has 0 aromatic carbocycles. The van der Waals surface area contributed by atoms with Crippen molar-refractivity contribution in [3.05, 3.63) is 51.6 Å². The molecule has 2 atom stereocenters. The number of hydrogen-bond donors (Lipinski definition) is 1.